The molecule has 16 nitrogen and oxygen atoms in total. The van der Waals surface area contributed by atoms with Crippen LogP contribution in [0.3, 0.4) is 0 Å². The van der Waals surface area contributed by atoms with Gasteiger partial charge in [-0.1, -0.05) is 0 Å². The number of methoxy groups -OCH3 is 4. The third kappa shape index (κ3) is 24.4. The van der Waals surface area contributed by atoms with Crippen LogP contribution < -0.4 is 0 Å². The van der Waals surface area contributed by atoms with Crippen molar-refractivity contribution in [1.82, 2.24) is 19.6 Å². The molecule has 0 aliphatic rings. The Morgan fingerprint density at radius 2 is 0.533 bits per heavy atom. The zero-order valence-corrected chi connectivity index (χ0v) is 29.3. The molecule has 0 aromatic rings. The van der Waals surface area contributed by atoms with Gasteiger partial charge in [0.15, 0.2) is 0 Å². The average Bonchev–Trinajstić information content (AvgIpc) is 3.03. The van der Waals surface area contributed by atoms with Crippen molar-refractivity contribution in [1.29, 1.82) is 0 Å². The Bertz CT molecular complexity index is 522. The van der Waals surface area contributed by atoms with E-state index in [0.717, 1.165) is 0 Å². The summed E-state index contributed by atoms with van der Waals surface area (Å²) in [6.45, 7) is 9.30. The van der Waals surface area contributed by atoms with E-state index in [1.54, 1.807) is 28.4 Å². The average molecular weight is 677 g/mol. The molecule has 0 fully saturated rings. The molecule has 272 valence electrons. The van der Waals surface area contributed by atoms with Gasteiger partial charge in [-0.05, 0) is 0 Å². The van der Waals surface area contributed by atoms with Crippen molar-refractivity contribution in [3.05, 3.63) is 0 Å². The second-order valence-corrected chi connectivity index (χ2v) is 12.3. The van der Waals surface area contributed by atoms with E-state index < -0.39 is 9.05 Å². The van der Waals surface area contributed by atoms with E-state index in [1.807, 2.05) is 19.6 Å². The summed E-state index contributed by atoms with van der Waals surface area (Å²) in [5, 5.41) is 38.1. The second kappa shape index (κ2) is 32.1. The summed E-state index contributed by atoms with van der Waals surface area (Å²) in [6.07, 6.45) is 0. The Hall–Kier alpha value is -0.423. The van der Waals surface area contributed by atoms with Crippen molar-refractivity contribution in [2.45, 2.75) is 0 Å². The largest absolute Gasteiger partial charge is 0.679 e. The Balaban J connectivity index is 5.89. The molecule has 0 heterocycles. The number of hydrogen-bond acceptors (Lipinski definition) is 16. The molecule has 0 saturated carbocycles. The van der Waals surface area contributed by atoms with Crippen molar-refractivity contribution in [2.75, 3.05) is 186 Å². The smallest absolute Gasteiger partial charge is 0.395 e. The molecule has 17 heteroatoms. The third-order valence-electron chi connectivity index (χ3n) is 6.86. The monoisotopic (exact) mass is 676 g/mol. The van der Waals surface area contributed by atoms with Crippen molar-refractivity contribution >= 4 is 9.05 Å². The highest BCUT2D eigenvalue weighted by molar-refractivity contribution is 6.53. The maximum Gasteiger partial charge on any atom is 0.679 e. The van der Waals surface area contributed by atoms with E-state index in [-0.39, 0.29) is 52.9 Å². The van der Waals surface area contributed by atoms with E-state index in [2.05, 4.69) is 0 Å². The topological polar surface area (TPSA) is 168 Å². The maximum absolute atomic E-state index is 9.53. The van der Waals surface area contributed by atoms with Gasteiger partial charge in [-0.15, -0.1) is 0 Å². The first-order valence-electron chi connectivity index (χ1n) is 15.8. The fraction of sp³-hybridized carbons (Fsp3) is 1.00. The van der Waals surface area contributed by atoms with Crippen LogP contribution in [0.1, 0.15) is 0 Å². The summed E-state index contributed by atoms with van der Waals surface area (Å²) in [5.41, 5.74) is 0. The van der Waals surface area contributed by atoms with Gasteiger partial charge in [-0.2, -0.15) is 0 Å². The van der Waals surface area contributed by atoms with Crippen LogP contribution in [0.5, 0.6) is 0 Å². The lowest BCUT2D eigenvalue weighted by Gasteiger charge is -2.32. The van der Waals surface area contributed by atoms with Gasteiger partial charge in [0, 0.05) is 107 Å². The summed E-state index contributed by atoms with van der Waals surface area (Å²) in [5.74, 6) is 0. The van der Waals surface area contributed by atoms with Gasteiger partial charge >= 0.3 is 9.05 Å². The Morgan fingerprint density at radius 1 is 0.333 bits per heavy atom. The summed E-state index contributed by atoms with van der Waals surface area (Å²) < 4.78 is 46.4. The highest BCUT2D eigenvalue weighted by atomic mass is 28.4. The van der Waals surface area contributed by atoms with E-state index in [4.69, 9.17) is 36.7 Å². The lowest BCUT2D eigenvalue weighted by atomic mass is 10.4. The molecule has 0 aliphatic heterocycles. The van der Waals surface area contributed by atoms with Crippen LogP contribution in [0, 0.1) is 0 Å². The van der Waals surface area contributed by atoms with Crippen molar-refractivity contribution < 1.29 is 57.1 Å². The molecular formula is C28H64N4O12Si. The van der Waals surface area contributed by atoms with E-state index in [9.17, 15) is 20.4 Å². The SMILES string of the molecule is COCCN(CCO)CCO[Si](OCCN(CCO)CCOC)(OCCN(CCO)CCOC)OCCN(CCO)CCOC. The number of ether oxygens (including phenoxy) is 4. The Kier molecular flexibility index (Phi) is 31.8. The van der Waals surface area contributed by atoms with Crippen LogP contribution in [-0.4, -0.2) is 235 Å². The van der Waals surface area contributed by atoms with E-state index >= 15 is 0 Å². The zero-order valence-electron chi connectivity index (χ0n) is 28.3. The summed E-state index contributed by atoms with van der Waals surface area (Å²) >= 11 is 0. The summed E-state index contributed by atoms with van der Waals surface area (Å²) in [7, 11) is 2.77. The fourth-order valence-electron chi connectivity index (χ4n) is 4.24. The number of hydrogen-bond donors (Lipinski definition) is 4. The van der Waals surface area contributed by atoms with Gasteiger partial charge in [0.2, 0.25) is 0 Å². The number of nitrogens with zero attached hydrogens (tertiary/aromatic N) is 4. The van der Waals surface area contributed by atoms with Gasteiger partial charge in [-0.3, -0.25) is 19.6 Å². The minimum atomic E-state index is -3.76. The zero-order chi connectivity index (χ0) is 33.4. The normalized spacial score (nSPS) is 12.5. The summed E-state index contributed by atoms with van der Waals surface area (Å²) in [6, 6.07) is 0. The minimum Gasteiger partial charge on any atom is -0.395 e. The maximum atomic E-state index is 9.53. The first-order valence-corrected chi connectivity index (χ1v) is 17.5. The van der Waals surface area contributed by atoms with Gasteiger partial charge < -0.3 is 57.1 Å². The van der Waals surface area contributed by atoms with Gasteiger partial charge in [-0.25, -0.2) is 0 Å². The van der Waals surface area contributed by atoms with Crippen molar-refractivity contribution in [2.24, 2.45) is 0 Å². The molecule has 0 aromatic carbocycles. The van der Waals surface area contributed by atoms with Crippen LogP contribution in [-0.2, 0) is 36.7 Å². The minimum absolute atomic E-state index is 0.00227. The Labute approximate surface area is 272 Å². The van der Waals surface area contributed by atoms with Crippen molar-refractivity contribution in [3.63, 3.8) is 0 Å². The predicted molar refractivity (Wildman–Crippen MR) is 171 cm³/mol. The molecule has 0 atom stereocenters. The summed E-state index contributed by atoms with van der Waals surface area (Å²) in [4.78, 5) is 8.10. The van der Waals surface area contributed by atoms with Crippen molar-refractivity contribution in [3.8, 4) is 0 Å². The molecule has 0 rings (SSSR count). The Morgan fingerprint density at radius 3 is 0.711 bits per heavy atom. The molecule has 0 aliphatic carbocycles. The van der Waals surface area contributed by atoms with Gasteiger partial charge in [0.25, 0.3) is 0 Å². The molecule has 4 N–H and O–H groups in total. The number of rotatable bonds is 36. The predicted octanol–water partition coefficient (Wildman–Crippen LogP) is -2.75. The number of aliphatic hydroxyl groups excluding tert-OH is 4. The van der Waals surface area contributed by atoms with Crippen LogP contribution in [0.25, 0.3) is 0 Å². The molecule has 0 bridgehead atoms. The molecule has 0 aromatic heterocycles. The molecule has 0 spiro atoms. The van der Waals surface area contributed by atoms with Crippen LogP contribution >= 0.6 is 0 Å². The molecule has 0 unspecified atom stereocenters. The van der Waals surface area contributed by atoms with Crippen LogP contribution in [0.15, 0.2) is 0 Å². The second-order valence-electron chi connectivity index (χ2n) is 10.1. The van der Waals surface area contributed by atoms with Crippen LogP contribution in [0.4, 0.5) is 0 Å². The first kappa shape index (κ1) is 44.6. The standard InChI is InChI=1S/C28H64N4O12Si/c1-37-21-9-29(5-17-33)13-25-41-45(42-26-14-30(6-18-34)10-22-38-2,43-27-15-31(7-19-35)11-23-39-3)44-28-16-32(8-20-36)12-24-40-4/h33-36H,5-28H2,1-4H3. The molecule has 0 radical (unpaired) electrons. The fourth-order valence-corrected chi connectivity index (χ4v) is 6.10. The van der Waals surface area contributed by atoms with Gasteiger partial charge in [0.1, 0.15) is 0 Å². The molecular weight excluding hydrogens is 612 g/mol. The van der Waals surface area contributed by atoms with E-state index in [1.165, 1.54) is 0 Å². The van der Waals surface area contributed by atoms with Crippen LogP contribution in [0.2, 0.25) is 0 Å². The first-order chi connectivity index (χ1) is 22.0. The lowest BCUT2D eigenvalue weighted by Crippen LogP contribution is -2.54. The lowest BCUT2D eigenvalue weighted by molar-refractivity contribution is -0.0488. The highest BCUT2D eigenvalue weighted by Gasteiger charge is 2.46. The quantitative estimate of drug-likeness (QED) is 0.0504. The van der Waals surface area contributed by atoms with Gasteiger partial charge in [0.05, 0.1) is 79.3 Å². The third-order valence-corrected chi connectivity index (χ3v) is 9.09. The molecule has 0 saturated heterocycles. The number of aliphatic hydroxyl groups is 4. The molecule has 45 heavy (non-hydrogen) atoms. The highest BCUT2D eigenvalue weighted by Crippen LogP contribution is 2.14. The molecule has 0 amide bonds. The van der Waals surface area contributed by atoms with E-state index in [0.29, 0.717) is 105 Å².